The van der Waals surface area contributed by atoms with Crippen LogP contribution < -0.4 is 14.2 Å². The van der Waals surface area contributed by atoms with Gasteiger partial charge in [-0.2, -0.15) is 0 Å². The van der Waals surface area contributed by atoms with E-state index in [9.17, 15) is 14.4 Å². The molecule has 0 saturated carbocycles. The van der Waals surface area contributed by atoms with Crippen molar-refractivity contribution in [3.8, 4) is 17.2 Å². The van der Waals surface area contributed by atoms with Crippen LogP contribution in [0.1, 0.15) is 162 Å². The average Bonchev–Trinajstić information content (AvgIpc) is 1.68. The van der Waals surface area contributed by atoms with Crippen molar-refractivity contribution in [2.75, 3.05) is 19.6 Å². The van der Waals surface area contributed by atoms with Crippen molar-refractivity contribution < 1.29 is 28.6 Å². The first-order valence-electron chi connectivity index (χ1n) is 35.5. The molecule has 15 rings (SSSR count). The number of nitrogens with zero attached hydrogens (tertiary/aromatic N) is 6. The summed E-state index contributed by atoms with van der Waals surface area (Å²) in [4.78, 5) is 45.0. The number of Topliss-reactive ketones (excluding diaryl/α,β-unsaturated/α-hetero) is 3. The first kappa shape index (κ1) is 67.7. The summed E-state index contributed by atoms with van der Waals surface area (Å²) in [5, 5.41) is 5.45. The van der Waals surface area contributed by atoms with E-state index in [-0.39, 0.29) is 23.5 Å². The van der Waals surface area contributed by atoms with E-state index < -0.39 is 0 Å². The minimum atomic E-state index is 0.135. The molecule has 3 aromatic heterocycles. The molecule has 0 spiro atoms. The average molecular weight is 1350 g/mol. The molecule has 6 aliphatic rings. The zero-order valence-corrected chi connectivity index (χ0v) is 58.5. The van der Waals surface area contributed by atoms with E-state index in [1.807, 2.05) is 116 Å². The fraction of sp³-hybridized carbons (Fsp3) is 0.444. The van der Waals surface area contributed by atoms with Crippen molar-refractivity contribution in [1.82, 2.24) is 28.4 Å². The Balaban J connectivity index is 0.000000130. The molecule has 8 atom stereocenters. The second kappa shape index (κ2) is 30.9. The van der Waals surface area contributed by atoms with Crippen LogP contribution in [0.3, 0.4) is 0 Å². The van der Waals surface area contributed by atoms with Crippen molar-refractivity contribution in [3.05, 3.63) is 196 Å². The number of aromatic nitrogens is 3. The van der Waals surface area contributed by atoms with Crippen LogP contribution in [0, 0.1) is 5.92 Å². The zero-order chi connectivity index (χ0) is 66.4. The van der Waals surface area contributed by atoms with E-state index in [0.29, 0.717) is 60.8 Å². The molecule has 4 unspecified atom stereocenters. The molecule has 0 radical (unpaired) electrons. The Bertz CT molecular complexity index is 3910. The summed E-state index contributed by atoms with van der Waals surface area (Å²) in [5.41, 5.74) is 6.03. The number of carbonyl (C=O) groups excluding carboxylic acids is 3. The van der Waals surface area contributed by atoms with Gasteiger partial charge in [0.1, 0.15) is 35.6 Å². The molecule has 9 aromatic rings. The first-order chi connectivity index (χ1) is 46.6. The van der Waals surface area contributed by atoms with Gasteiger partial charge in [-0.15, -0.1) is 0 Å². The highest BCUT2D eigenvalue weighted by Crippen LogP contribution is 2.41. The highest BCUT2D eigenvalue weighted by Gasteiger charge is 2.44. The molecular formula is C81H93Cl3N6O6. The van der Waals surface area contributed by atoms with Crippen LogP contribution >= 0.6 is 34.8 Å². The first-order valence-corrected chi connectivity index (χ1v) is 36.6. The number of hydrogen-bond donors (Lipinski definition) is 0. The van der Waals surface area contributed by atoms with Crippen LogP contribution in [0.5, 0.6) is 17.2 Å². The van der Waals surface area contributed by atoms with Gasteiger partial charge in [-0.3, -0.25) is 29.1 Å². The molecule has 96 heavy (non-hydrogen) atoms. The van der Waals surface area contributed by atoms with Crippen molar-refractivity contribution in [3.63, 3.8) is 0 Å². The molecule has 15 heteroatoms. The highest BCUT2D eigenvalue weighted by molar-refractivity contribution is 6.31. The Kier molecular flexibility index (Phi) is 21.8. The van der Waals surface area contributed by atoms with Gasteiger partial charge in [-0.05, 0) is 207 Å². The Hall–Kier alpha value is -6.90. The van der Waals surface area contributed by atoms with Gasteiger partial charge in [0.15, 0.2) is 17.3 Å². The highest BCUT2D eigenvalue weighted by atomic mass is 35.5. The van der Waals surface area contributed by atoms with E-state index >= 15 is 0 Å². The van der Waals surface area contributed by atoms with Crippen LogP contribution in [-0.4, -0.2) is 120 Å². The number of rotatable bonds is 23. The maximum Gasteiger partial charge on any atom is 0.165 e. The summed E-state index contributed by atoms with van der Waals surface area (Å²) in [6, 6.07) is 51.6. The van der Waals surface area contributed by atoms with Crippen molar-refractivity contribution in [1.29, 1.82) is 0 Å². The second-order valence-corrected chi connectivity index (χ2v) is 29.6. The molecule has 6 saturated heterocycles. The molecule has 12 nitrogen and oxygen atoms in total. The topological polar surface area (TPSA) is 103 Å². The molecule has 0 aliphatic carbocycles. The minimum absolute atomic E-state index is 0.135. The quantitative estimate of drug-likeness (QED) is 0.0579. The maximum atomic E-state index is 12.8. The smallest absolute Gasteiger partial charge is 0.165 e. The third-order valence-electron chi connectivity index (χ3n) is 21.3. The van der Waals surface area contributed by atoms with Crippen molar-refractivity contribution >= 4 is 84.9 Å². The van der Waals surface area contributed by atoms with E-state index in [1.54, 1.807) is 13.8 Å². The normalized spacial score (nSPS) is 23.1. The third kappa shape index (κ3) is 16.0. The van der Waals surface area contributed by atoms with Crippen molar-refractivity contribution in [2.45, 2.75) is 205 Å². The van der Waals surface area contributed by atoms with E-state index in [0.717, 1.165) is 173 Å². The third-order valence-corrected chi connectivity index (χ3v) is 22.1. The van der Waals surface area contributed by atoms with Crippen molar-refractivity contribution in [2.24, 2.45) is 5.92 Å². The van der Waals surface area contributed by atoms with E-state index in [4.69, 9.17) is 49.0 Å². The molecule has 6 aliphatic heterocycles. The lowest BCUT2D eigenvalue weighted by Gasteiger charge is -2.39. The van der Waals surface area contributed by atoms with Gasteiger partial charge < -0.3 is 27.9 Å². The number of halogens is 3. The lowest BCUT2D eigenvalue weighted by Crippen LogP contribution is -2.46. The van der Waals surface area contributed by atoms with Crippen LogP contribution in [-0.2, 0) is 19.6 Å². The lowest BCUT2D eigenvalue weighted by molar-refractivity contribution is 0.0480. The van der Waals surface area contributed by atoms with E-state index in [2.05, 4.69) is 90.9 Å². The summed E-state index contributed by atoms with van der Waals surface area (Å²) in [7, 11) is 0. The van der Waals surface area contributed by atoms with Gasteiger partial charge in [0.05, 0.1) is 0 Å². The number of hydrogen-bond acceptors (Lipinski definition) is 9. The number of carbonyl (C=O) groups is 3. The van der Waals surface area contributed by atoms with Gasteiger partial charge in [0, 0.05) is 165 Å². The Morgan fingerprint density at radius 2 is 0.656 bits per heavy atom. The number of ether oxygens (including phenoxy) is 3. The van der Waals surface area contributed by atoms with Crippen LogP contribution in [0.25, 0.3) is 32.7 Å². The summed E-state index contributed by atoms with van der Waals surface area (Å²) in [6.45, 7) is 13.6. The van der Waals surface area contributed by atoms with Gasteiger partial charge >= 0.3 is 0 Å². The lowest BCUT2D eigenvalue weighted by atomic mass is 9.99. The number of ketones is 3. The molecule has 0 amide bonds. The van der Waals surface area contributed by atoms with Crippen LogP contribution in [0.4, 0.5) is 0 Å². The molecule has 504 valence electrons. The summed E-state index contributed by atoms with van der Waals surface area (Å²) in [5.74, 6) is 3.66. The fourth-order valence-electron chi connectivity index (χ4n) is 17.0. The van der Waals surface area contributed by atoms with Gasteiger partial charge in [0.25, 0.3) is 0 Å². The number of benzene rings is 6. The monoisotopic (exact) mass is 1350 g/mol. The summed E-state index contributed by atoms with van der Waals surface area (Å²) in [6.07, 6.45) is 25.1. The van der Waals surface area contributed by atoms with Crippen LogP contribution in [0.2, 0.25) is 15.1 Å². The second-order valence-electron chi connectivity index (χ2n) is 28.3. The number of aryl methyl sites for hydroxylation is 3. The zero-order valence-electron chi connectivity index (χ0n) is 56.2. The minimum Gasteiger partial charge on any atom is -0.490 e. The number of piperidine rings is 3. The van der Waals surface area contributed by atoms with Gasteiger partial charge in [-0.1, -0.05) is 103 Å². The molecule has 9 heterocycles. The van der Waals surface area contributed by atoms with Crippen LogP contribution in [0.15, 0.2) is 164 Å². The predicted molar refractivity (Wildman–Crippen MR) is 389 cm³/mol. The molecule has 6 bridgehead atoms. The van der Waals surface area contributed by atoms with Gasteiger partial charge in [-0.25, -0.2) is 0 Å². The number of para-hydroxylation sites is 3. The molecule has 6 aromatic carbocycles. The summed E-state index contributed by atoms with van der Waals surface area (Å²) >= 11 is 18.0. The van der Waals surface area contributed by atoms with E-state index in [1.165, 1.54) is 44.0 Å². The summed E-state index contributed by atoms with van der Waals surface area (Å²) < 4.78 is 25.6. The Labute approximate surface area is 581 Å². The largest absolute Gasteiger partial charge is 0.490 e. The Morgan fingerprint density at radius 1 is 0.385 bits per heavy atom. The maximum absolute atomic E-state index is 12.8. The van der Waals surface area contributed by atoms with Gasteiger partial charge in [0.2, 0.25) is 0 Å². The predicted octanol–water partition coefficient (Wildman–Crippen LogP) is 18.9. The molecule has 0 N–H and O–H groups in total. The molecule has 6 fully saturated rings. The molecular weight excluding hydrogens is 1260 g/mol. The number of fused-ring (bicyclic) bond motifs is 9. The SMILES string of the molecule is CC(=O)c1cn(CCCN2[C@@H]3CC[C@H]2CC(Oc2ccc(Cl)cc2)C3)c2ccccc12.CC(=O)c1cn(CCCN2[C@@H]3CC[C@H]2CC(Oc2ccc(Cl)cc2)C3)c2ccccc12.CC(C)CC(=O)c1cn(CCCN2C3CCC2CC(Oc2ccc(Cl)cc2)C3)c2ccccc12. The fourth-order valence-corrected chi connectivity index (χ4v) is 17.4. The standard InChI is InChI=1S/C29H35ClN2O2.2C26H29ClN2O2/c1-20(2)16-29(33)27-19-31(28-7-4-3-6-26(27)28)14-5-15-32-22-10-11-23(32)18-25(17-22)34-24-12-8-21(30)9-13-24;2*1-18(30)25-17-28(26-6-3-2-5-24(25)26)13-4-14-29-20-9-10-21(29)16-23(15-20)31-22-11-7-19(27)8-12-22/h3-4,6-9,12-13,19-20,22-23,25H,5,10-11,14-18H2,1-2H3;2*2-3,5-8,11-12,17,20-21,23H,4,9-10,13-16H2,1H3/t;2*20-,21+,23?. The Morgan fingerprint density at radius 3 is 0.938 bits per heavy atom.